The van der Waals surface area contributed by atoms with Gasteiger partial charge in [0.05, 0.1) is 6.61 Å². The predicted octanol–water partition coefficient (Wildman–Crippen LogP) is 7.07. The topological polar surface area (TPSA) is 68.7 Å². The molecule has 3 aromatic rings. The minimum Gasteiger partial charge on any atom is -0.494 e. The molecule has 0 bridgehead atoms. The summed E-state index contributed by atoms with van der Waals surface area (Å²) in [7, 11) is 0. The van der Waals surface area contributed by atoms with Crippen molar-refractivity contribution in [2.45, 2.75) is 52.9 Å². The maximum Gasteiger partial charge on any atom is 0.228 e. The number of rotatable bonds is 13. The Bertz CT molecular complexity index is 1010. The summed E-state index contributed by atoms with van der Waals surface area (Å²) >= 11 is 0. The first-order valence-corrected chi connectivity index (χ1v) is 11.8. The number of benzene rings is 2. The summed E-state index contributed by atoms with van der Waals surface area (Å²) in [6.45, 7) is 10.4. The first-order chi connectivity index (χ1) is 15.5. The van der Waals surface area contributed by atoms with Crippen molar-refractivity contribution >= 4 is 47.3 Å². The van der Waals surface area contributed by atoms with Crippen LogP contribution in [-0.4, -0.2) is 36.9 Å². The molecule has 0 radical (unpaired) electrons. The third-order valence-electron chi connectivity index (χ3n) is 5.83. The van der Waals surface area contributed by atoms with Crippen LogP contribution >= 0.6 is 24.8 Å². The molecular weight excluding hydrogens is 471 g/mol. The molecular formula is C27H38Cl2N2O3. The molecule has 0 unspecified atom stereocenters. The standard InChI is InChI=1S/C27H36N2O3.2ClH/c1-4-6-15-29(16-7-5-2)17-8-18-31-23-12-9-21(10-13-23)26(30)27-20(3)24-19-22(28)11-14-25(24)32-27;;/h9-14,19H,4-8,15-18,28H2,1-3H3;2*1H. The number of carbonyl (C=O) groups is 1. The Morgan fingerprint density at radius 2 is 1.56 bits per heavy atom. The van der Waals surface area contributed by atoms with Gasteiger partial charge >= 0.3 is 0 Å². The van der Waals surface area contributed by atoms with Gasteiger partial charge in [0, 0.05) is 28.7 Å². The number of hydrogen-bond acceptors (Lipinski definition) is 5. The monoisotopic (exact) mass is 508 g/mol. The van der Waals surface area contributed by atoms with Gasteiger partial charge in [-0.2, -0.15) is 0 Å². The summed E-state index contributed by atoms with van der Waals surface area (Å²) in [5.41, 5.74) is 8.59. The van der Waals surface area contributed by atoms with Gasteiger partial charge in [-0.05, 0) is 81.7 Å². The van der Waals surface area contributed by atoms with E-state index in [1.807, 2.05) is 25.1 Å². The number of fused-ring (bicyclic) bond motifs is 1. The van der Waals surface area contributed by atoms with Gasteiger partial charge in [0.25, 0.3) is 0 Å². The van der Waals surface area contributed by atoms with Crippen molar-refractivity contribution in [1.29, 1.82) is 0 Å². The fourth-order valence-corrected chi connectivity index (χ4v) is 3.87. The lowest BCUT2D eigenvalue weighted by Crippen LogP contribution is -2.28. The molecule has 2 N–H and O–H groups in total. The molecule has 1 heterocycles. The number of nitrogens with two attached hydrogens (primary N) is 1. The molecule has 188 valence electrons. The summed E-state index contributed by atoms with van der Waals surface area (Å²) < 4.78 is 11.7. The first kappa shape index (κ1) is 29.8. The van der Waals surface area contributed by atoms with Crippen molar-refractivity contribution in [3.8, 4) is 5.75 Å². The minimum absolute atomic E-state index is 0. The molecule has 0 amide bonds. The van der Waals surface area contributed by atoms with E-state index >= 15 is 0 Å². The van der Waals surface area contributed by atoms with Gasteiger partial charge in [-0.1, -0.05) is 26.7 Å². The zero-order valence-electron chi connectivity index (χ0n) is 20.5. The van der Waals surface area contributed by atoms with Gasteiger partial charge in [0.15, 0.2) is 5.76 Å². The molecule has 0 saturated heterocycles. The lowest BCUT2D eigenvalue weighted by atomic mass is 10.0. The highest BCUT2D eigenvalue weighted by Gasteiger charge is 2.19. The Hall–Kier alpha value is -2.21. The maximum atomic E-state index is 13.0. The second-order valence-electron chi connectivity index (χ2n) is 8.42. The molecule has 0 aliphatic rings. The average molecular weight is 510 g/mol. The van der Waals surface area contributed by atoms with Crippen molar-refractivity contribution < 1.29 is 13.9 Å². The van der Waals surface area contributed by atoms with Crippen LogP contribution in [0.15, 0.2) is 46.9 Å². The maximum absolute atomic E-state index is 13.0. The Morgan fingerprint density at radius 3 is 2.18 bits per heavy atom. The smallest absolute Gasteiger partial charge is 0.228 e. The van der Waals surface area contributed by atoms with Crippen LogP contribution in [0.25, 0.3) is 11.0 Å². The van der Waals surface area contributed by atoms with Gasteiger partial charge < -0.3 is 19.8 Å². The Labute approximate surface area is 215 Å². The summed E-state index contributed by atoms with van der Waals surface area (Å²) in [6, 6.07) is 12.7. The fraction of sp³-hybridized carbons (Fsp3) is 0.444. The second kappa shape index (κ2) is 14.9. The third kappa shape index (κ3) is 7.93. The molecule has 0 saturated carbocycles. The largest absolute Gasteiger partial charge is 0.494 e. The fourth-order valence-electron chi connectivity index (χ4n) is 3.87. The Morgan fingerprint density at radius 1 is 0.941 bits per heavy atom. The third-order valence-corrected chi connectivity index (χ3v) is 5.83. The molecule has 3 rings (SSSR count). The number of anilines is 1. The zero-order valence-corrected chi connectivity index (χ0v) is 22.1. The van der Waals surface area contributed by atoms with Gasteiger partial charge in [0.1, 0.15) is 11.3 Å². The SMILES string of the molecule is CCCCN(CCCC)CCCOc1ccc(C(=O)c2oc3ccc(N)cc3c2C)cc1.Cl.Cl. The number of nitrogens with zero attached hydrogens (tertiary/aromatic N) is 1. The second-order valence-corrected chi connectivity index (χ2v) is 8.42. The number of carbonyl (C=O) groups excluding carboxylic acids is 1. The molecule has 0 aliphatic carbocycles. The van der Waals surface area contributed by atoms with E-state index < -0.39 is 0 Å². The van der Waals surface area contributed by atoms with Crippen LogP contribution in [0.3, 0.4) is 0 Å². The van der Waals surface area contributed by atoms with E-state index in [0.717, 1.165) is 29.7 Å². The molecule has 0 atom stereocenters. The van der Waals surface area contributed by atoms with E-state index in [-0.39, 0.29) is 30.6 Å². The number of hydrogen-bond donors (Lipinski definition) is 1. The van der Waals surface area contributed by atoms with E-state index in [1.54, 1.807) is 24.3 Å². The Kier molecular flexibility index (Phi) is 13.1. The zero-order chi connectivity index (χ0) is 22.9. The number of ether oxygens (including phenoxy) is 1. The summed E-state index contributed by atoms with van der Waals surface area (Å²) in [5, 5.41) is 0.875. The normalized spacial score (nSPS) is 10.7. The van der Waals surface area contributed by atoms with Crippen LogP contribution in [0.5, 0.6) is 5.75 Å². The Balaban J connectivity index is 0.00000289. The number of ketones is 1. The van der Waals surface area contributed by atoms with Crippen molar-refractivity contribution in [2.24, 2.45) is 0 Å². The lowest BCUT2D eigenvalue weighted by molar-refractivity contribution is 0.101. The van der Waals surface area contributed by atoms with E-state index in [9.17, 15) is 4.79 Å². The molecule has 5 nitrogen and oxygen atoms in total. The van der Waals surface area contributed by atoms with Gasteiger partial charge in [0.2, 0.25) is 5.78 Å². The highest BCUT2D eigenvalue weighted by Crippen LogP contribution is 2.29. The van der Waals surface area contributed by atoms with Crippen LogP contribution in [0.1, 0.15) is 67.6 Å². The summed E-state index contributed by atoms with van der Waals surface area (Å²) in [6.07, 6.45) is 5.95. The van der Waals surface area contributed by atoms with Crippen LogP contribution in [0.4, 0.5) is 5.69 Å². The van der Waals surface area contributed by atoms with E-state index in [4.69, 9.17) is 14.9 Å². The molecule has 0 fully saturated rings. The number of unbranched alkanes of at least 4 members (excludes halogenated alkanes) is 2. The van der Waals surface area contributed by atoms with Gasteiger partial charge in [-0.3, -0.25) is 4.79 Å². The first-order valence-electron chi connectivity index (χ1n) is 11.8. The van der Waals surface area contributed by atoms with Crippen LogP contribution < -0.4 is 10.5 Å². The van der Waals surface area contributed by atoms with Gasteiger partial charge in [-0.25, -0.2) is 0 Å². The highest BCUT2D eigenvalue weighted by molar-refractivity contribution is 6.10. The minimum atomic E-state index is -0.133. The number of nitrogen functional groups attached to an aromatic ring is 1. The molecule has 34 heavy (non-hydrogen) atoms. The van der Waals surface area contributed by atoms with Crippen molar-refractivity contribution in [2.75, 3.05) is 32.0 Å². The molecule has 2 aromatic carbocycles. The average Bonchev–Trinajstić information content (AvgIpc) is 3.13. The quantitative estimate of drug-likeness (QED) is 0.152. The predicted molar refractivity (Wildman–Crippen MR) is 146 cm³/mol. The highest BCUT2D eigenvalue weighted by atomic mass is 35.5. The van der Waals surface area contributed by atoms with Crippen molar-refractivity contribution in [1.82, 2.24) is 4.90 Å². The number of furan rings is 1. The molecule has 0 aliphatic heterocycles. The van der Waals surface area contributed by atoms with E-state index in [2.05, 4.69) is 18.7 Å². The van der Waals surface area contributed by atoms with Gasteiger partial charge in [-0.15, -0.1) is 24.8 Å². The van der Waals surface area contributed by atoms with Crippen LogP contribution in [-0.2, 0) is 0 Å². The lowest BCUT2D eigenvalue weighted by Gasteiger charge is -2.21. The summed E-state index contributed by atoms with van der Waals surface area (Å²) in [4.78, 5) is 15.5. The van der Waals surface area contributed by atoms with Crippen molar-refractivity contribution in [3.05, 3.63) is 59.4 Å². The summed E-state index contributed by atoms with van der Waals surface area (Å²) in [5.74, 6) is 1.01. The van der Waals surface area contributed by atoms with Crippen molar-refractivity contribution in [3.63, 3.8) is 0 Å². The number of aryl methyl sites for hydroxylation is 1. The number of halogens is 2. The molecule has 7 heteroatoms. The molecule has 0 spiro atoms. The van der Waals surface area contributed by atoms with E-state index in [1.165, 1.54) is 38.8 Å². The molecule has 1 aromatic heterocycles. The van der Waals surface area contributed by atoms with E-state index in [0.29, 0.717) is 29.2 Å². The van der Waals surface area contributed by atoms with Crippen LogP contribution in [0.2, 0.25) is 0 Å². The van der Waals surface area contributed by atoms with Crippen LogP contribution in [0, 0.1) is 6.92 Å².